The molecule has 102 valence electrons. The van der Waals surface area contributed by atoms with Crippen LogP contribution < -0.4 is 5.32 Å². The molecule has 2 heterocycles. The van der Waals surface area contributed by atoms with Gasteiger partial charge in [0.05, 0.1) is 11.5 Å². The lowest BCUT2D eigenvalue weighted by atomic mass is 9.94. The standard InChI is InChI=1S/C11H22N2O2S.ClH/c14-16(15)9-7-13(8-10-16)6-3-11-1-4-12-5-2-11;/h11-12H,1-10H2;1H. The molecule has 0 bridgehead atoms. The number of halogens is 1. The van der Waals surface area contributed by atoms with Crippen LogP contribution in [0.15, 0.2) is 0 Å². The summed E-state index contributed by atoms with van der Waals surface area (Å²) in [5, 5.41) is 3.37. The lowest BCUT2D eigenvalue weighted by molar-refractivity contribution is 0.249. The van der Waals surface area contributed by atoms with E-state index in [1.54, 1.807) is 0 Å². The van der Waals surface area contributed by atoms with Gasteiger partial charge >= 0.3 is 0 Å². The molecule has 0 amide bonds. The second-order valence-electron chi connectivity index (χ2n) is 4.98. The van der Waals surface area contributed by atoms with Crippen LogP contribution in [0.4, 0.5) is 0 Å². The van der Waals surface area contributed by atoms with Crippen LogP contribution in [0.3, 0.4) is 0 Å². The van der Waals surface area contributed by atoms with Crippen LogP contribution in [-0.4, -0.2) is 57.5 Å². The molecule has 1 N–H and O–H groups in total. The van der Waals surface area contributed by atoms with E-state index in [1.807, 2.05) is 0 Å². The fourth-order valence-corrected chi connectivity index (χ4v) is 3.79. The second-order valence-corrected chi connectivity index (χ2v) is 7.28. The van der Waals surface area contributed by atoms with Crippen molar-refractivity contribution in [1.29, 1.82) is 0 Å². The summed E-state index contributed by atoms with van der Waals surface area (Å²) in [4.78, 5) is 2.31. The highest BCUT2D eigenvalue weighted by Crippen LogP contribution is 2.17. The first-order valence-corrected chi connectivity index (χ1v) is 8.11. The van der Waals surface area contributed by atoms with E-state index in [0.717, 1.165) is 38.6 Å². The van der Waals surface area contributed by atoms with Crippen LogP contribution in [-0.2, 0) is 9.84 Å². The smallest absolute Gasteiger partial charge is 0.152 e. The summed E-state index contributed by atoms with van der Waals surface area (Å²) in [5.74, 6) is 1.57. The van der Waals surface area contributed by atoms with Crippen LogP contribution in [0.25, 0.3) is 0 Å². The van der Waals surface area contributed by atoms with Crippen molar-refractivity contribution in [1.82, 2.24) is 10.2 Å². The van der Waals surface area contributed by atoms with Crippen molar-refractivity contribution in [3.63, 3.8) is 0 Å². The minimum absolute atomic E-state index is 0. The van der Waals surface area contributed by atoms with Gasteiger partial charge in [-0.1, -0.05) is 0 Å². The molecule has 0 radical (unpaired) electrons. The number of rotatable bonds is 3. The van der Waals surface area contributed by atoms with Crippen molar-refractivity contribution in [2.24, 2.45) is 5.92 Å². The van der Waals surface area contributed by atoms with Gasteiger partial charge in [0, 0.05) is 13.1 Å². The molecule has 2 aliphatic heterocycles. The number of hydrogen-bond donors (Lipinski definition) is 1. The van der Waals surface area contributed by atoms with Crippen LogP contribution >= 0.6 is 12.4 Å². The van der Waals surface area contributed by atoms with Gasteiger partial charge in [0.1, 0.15) is 0 Å². The lowest BCUT2D eigenvalue weighted by Gasteiger charge is -2.29. The second kappa shape index (κ2) is 6.92. The van der Waals surface area contributed by atoms with Gasteiger partial charge in [-0.05, 0) is 44.8 Å². The van der Waals surface area contributed by atoms with Gasteiger partial charge in [0.2, 0.25) is 0 Å². The predicted octanol–water partition coefficient (Wildman–Crippen LogP) is 0.528. The van der Waals surface area contributed by atoms with Crippen molar-refractivity contribution >= 4 is 22.2 Å². The van der Waals surface area contributed by atoms with Gasteiger partial charge in [0.15, 0.2) is 9.84 Å². The van der Waals surface area contributed by atoms with Crippen molar-refractivity contribution in [2.75, 3.05) is 44.2 Å². The van der Waals surface area contributed by atoms with Gasteiger partial charge in [-0.25, -0.2) is 8.42 Å². The number of hydrogen-bond acceptors (Lipinski definition) is 4. The monoisotopic (exact) mass is 282 g/mol. The molecule has 6 heteroatoms. The van der Waals surface area contributed by atoms with Crippen molar-refractivity contribution in [3.05, 3.63) is 0 Å². The van der Waals surface area contributed by atoms with Crippen molar-refractivity contribution < 1.29 is 8.42 Å². The van der Waals surface area contributed by atoms with Crippen molar-refractivity contribution in [3.8, 4) is 0 Å². The quantitative estimate of drug-likeness (QED) is 0.820. The first kappa shape index (κ1) is 15.2. The number of nitrogens with zero attached hydrogens (tertiary/aromatic N) is 1. The average Bonchev–Trinajstić information content (AvgIpc) is 2.29. The van der Waals surface area contributed by atoms with Gasteiger partial charge in [0.25, 0.3) is 0 Å². The summed E-state index contributed by atoms with van der Waals surface area (Å²) in [6.07, 6.45) is 3.81. The SMILES string of the molecule is Cl.O=S1(=O)CCN(CCC2CCNCC2)CC1. The molecule has 2 fully saturated rings. The zero-order valence-electron chi connectivity index (χ0n) is 10.2. The van der Waals surface area contributed by atoms with E-state index in [2.05, 4.69) is 10.2 Å². The summed E-state index contributed by atoms with van der Waals surface area (Å²) in [7, 11) is -2.71. The first-order valence-electron chi connectivity index (χ1n) is 6.29. The van der Waals surface area contributed by atoms with Crippen LogP contribution in [0.2, 0.25) is 0 Å². The zero-order chi connectivity index (χ0) is 11.4. The molecule has 0 saturated carbocycles. The number of piperidine rings is 1. The Morgan fingerprint density at radius 2 is 1.71 bits per heavy atom. The van der Waals surface area contributed by atoms with E-state index >= 15 is 0 Å². The molecular formula is C11H23ClN2O2S. The Morgan fingerprint density at radius 3 is 2.29 bits per heavy atom. The molecule has 2 saturated heterocycles. The summed E-state index contributed by atoms with van der Waals surface area (Å²) in [6.45, 7) is 4.87. The molecule has 2 aliphatic rings. The topological polar surface area (TPSA) is 49.4 Å². The maximum Gasteiger partial charge on any atom is 0.152 e. The van der Waals surface area contributed by atoms with Gasteiger partial charge in [-0.2, -0.15) is 0 Å². The van der Waals surface area contributed by atoms with E-state index in [0.29, 0.717) is 11.5 Å². The Hall–Kier alpha value is 0.160. The Labute approximate surface area is 110 Å². The minimum atomic E-state index is -2.71. The molecule has 4 nitrogen and oxygen atoms in total. The summed E-state index contributed by atoms with van der Waals surface area (Å²) in [5.41, 5.74) is 0. The summed E-state index contributed by atoms with van der Waals surface area (Å²) in [6, 6.07) is 0. The van der Waals surface area contributed by atoms with Gasteiger partial charge in [-0.15, -0.1) is 12.4 Å². The average molecular weight is 283 g/mol. The van der Waals surface area contributed by atoms with E-state index in [4.69, 9.17) is 0 Å². The maximum atomic E-state index is 11.3. The molecule has 0 aromatic rings. The number of sulfone groups is 1. The summed E-state index contributed by atoms with van der Waals surface area (Å²) >= 11 is 0. The first-order chi connectivity index (χ1) is 7.66. The minimum Gasteiger partial charge on any atom is -0.317 e. The summed E-state index contributed by atoms with van der Waals surface area (Å²) < 4.78 is 22.5. The maximum absolute atomic E-state index is 11.3. The molecule has 0 spiro atoms. The predicted molar refractivity (Wildman–Crippen MR) is 72.6 cm³/mol. The Balaban J connectivity index is 0.00000144. The third-order valence-corrected chi connectivity index (χ3v) is 5.36. The molecule has 0 unspecified atom stereocenters. The Morgan fingerprint density at radius 1 is 1.12 bits per heavy atom. The van der Waals surface area contributed by atoms with Crippen molar-refractivity contribution in [2.45, 2.75) is 19.3 Å². The third-order valence-electron chi connectivity index (χ3n) is 3.75. The van der Waals surface area contributed by atoms with E-state index < -0.39 is 9.84 Å². The molecule has 0 atom stereocenters. The molecule has 0 aliphatic carbocycles. The van der Waals surface area contributed by atoms with Crippen LogP contribution in [0.5, 0.6) is 0 Å². The lowest BCUT2D eigenvalue weighted by Crippen LogP contribution is -2.41. The van der Waals surface area contributed by atoms with Crippen LogP contribution in [0.1, 0.15) is 19.3 Å². The normalized spacial score (nSPS) is 26.4. The largest absolute Gasteiger partial charge is 0.317 e. The number of nitrogens with one attached hydrogen (secondary N) is 1. The fraction of sp³-hybridized carbons (Fsp3) is 1.00. The third kappa shape index (κ3) is 5.12. The molecule has 2 rings (SSSR count). The van der Waals surface area contributed by atoms with E-state index in [9.17, 15) is 8.42 Å². The fourth-order valence-electron chi connectivity index (χ4n) is 2.51. The van der Waals surface area contributed by atoms with E-state index in [-0.39, 0.29) is 12.4 Å². The Bertz CT molecular complexity index is 301. The highest BCUT2D eigenvalue weighted by atomic mass is 35.5. The van der Waals surface area contributed by atoms with E-state index in [1.165, 1.54) is 19.3 Å². The molecule has 17 heavy (non-hydrogen) atoms. The van der Waals surface area contributed by atoms with Gasteiger partial charge in [-0.3, -0.25) is 0 Å². The molecule has 0 aromatic heterocycles. The highest BCUT2D eigenvalue weighted by Gasteiger charge is 2.22. The zero-order valence-corrected chi connectivity index (χ0v) is 11.9. The Kier molecular flexibility index (Phi) is 6.20. The molecular weight excluding hydrogens is 260 g/mol. The van der Waals surface area contributed by atoms with Crippen LogP contribution in [0, 0.1) is 5.92 Å². The van der Waals surface area contributed by atoms with Gasteiger partial charge < -0.3 is 10.2 Å². The highest BCUT2D eigenvalue weighted by molar-refractivity contribution is 7.91. The molecule has 0 aromatic carbocycles.